The molecule has 0 spiro atoms. The second-order valence-electron chi connectivity index (χ2n) is 6.41. The van der Waals surface area contributed by atoms with Gasteiger partial charge in [0.15, 0.2) is 0 Å². The molecular weight excluding hydrogens is 381 g/mol. The van der Waals surface area contributed by atoms with Gasteiger partial charge in [-0.25, -0.2) is 13.6 Å². The Morgan fingerprint density at radius 1 is 1.07 bits per heavy atom. The molecule has 5 nitrogen and oxygen atoms in total. The molecule has 1 heterocycles. The van der Waals surface area contributed by atoms with Crippen molar-refractivity contribution in [2.45, 2.75) is 23.9 Å². The number of primary sulfonamides is 1. The third-order valence-electron chi connectivity index (χ3n) is 4.54. The van der Waals surface area contributed by atoms with Crippen molar-refractivity contribution < 1.29 is 26.7 Å². The van der Waals surface area contributed by atoms with Crippen molar-refractivity contribution in [3.05, 3.63) is 59.4 Å². The highest BCUT2D eigenvalue weighted by Gasteiger charge is 2.31. The van der Waals surface area contributed by atoms with E-state index in [4.69, 9.17) is 5.14 Å². The largest absolute Gasteiger partial charge is 0.416 e. The van der Waals surface area contributed by atoms with E-state index in [1.807, 2.05) is 0 Å². The molecule has 0 saturated heterocycles. The number of nitrogens with zero attached hydrogens (tertiary/aromatic N) is 1. The molecule has 0 saturated carbocycles. The average Bonchev–Trinajstić information content (AvgIpc) is 3.05. The van der Waals surface area contributed by atoms with Crippen LogP contribution in [0.2, 0.25) is 0 Å². The molecule has 3 rings (SSSR count). The zero-order chi connectivity index (χ0) is 19.8. The zero-order valence-electron chi connectivity index (χ0n) is 14.1. The summed E-state index contributed by atoms with van der Waals surface area (Å²) < 4.78 is 61.1. The number of hydrogen-bond acceptors (Lipinski definition) is 4. The Balaban J connectivity index is 2.01. The van der Waals surface area contributed by atoms with Gasteiger partial charge in [-0.1, -0.05) is 12.1 Å². The van der Waals surface area contributed by atoms with Gasteiger partial charge in [0.2, 0.25) is 10.0 Å². The zero-order valence-corrected chi connectivity index (χ0v) is 14.9. The van der Waals surface area contributed by atoms with Gasteiger partial charge in [0.1, 0.15) is 4.90 Å². The van der Waals surface area contributed by atoms with Crippen LogP contribution < -0.4 is 5.14 Å². The normalized spacial score (nSPS) is 18.2. The molecule has 0 aliphatic heterocycles. The lowest BCUT2D eigenvalue weighted by Gasteiger charge is -2.11. The van der Waals surface area contributed by atoms with Crippen molar-refractivity contribution in [3.8, 4) is 0 Å². The molecule has 3 N–H and O–H groups in total. The van der Waals surface area contributed by atoms with Gasteiger partial charge in [-0.2, -0.15) is 13.2 Å². The Hall–Kier alpha value is -2.23. The predicted molar refractivity (Wildman–Crippen MR) is 93.7 cm³/mol. The lowest BCUT2D eigenvalue weighted by molar-refractivity contribution is -0.137. The highest BCUT2D eigenvalue weighted by atomic mass is 32.2. The Kier molecular flexibility index (Phi) is 5.11. The standard InChI is InChI=1S/C18H17F3N2O3S/c19-18(20,21)13-3-1-12(2-4-13)15-7-11(10-24)8-16(15)17-6-5-14(9-23-17)27(22,25)26/h1-6,9,11,24H,7-8,10H2,(H2,22,25,26). The molecule has 1 aliphatic rings. The van der Waals surface area contributed by atoms with E-state index in [9.17, 15) is 26.7 Å². The molecular formula is C18H17F3N2O3S. The number of allylic oxidation sites excluding steroid dienone is 2. The van der Waals surface area contributed by atoms with Crippen molar-refractivity contribution in [2.75, 3.05) is 6.61 Å². The van der Waals surface area contributed by atoms with Crippen molar-refractivity contribution in [1.82, 2.24) is 4.98 Å². The summed E-state index contributed by atoms with van der Waals surface area (Å²) >= 11 is 0. The summed E-state index contributed by atoms with van der Waals surface area (Å²) in [5, 5.41) is 14.6. The van der Waals surface area contributed by atoms with Gasteiger partial charge in [0, 0.05) is 12.8 Å². The summed E-state index contributed by atoms with van der Waals surface area (Å²) in [6.07, 6.45) is -2.27. The van der Waals surface area contributed by atoms with E-state index in [0.29, 0.717) is 24.1 Å². The van der Waals surface area contributed by atoms with Crippen LogP contribution in [-0.4, -0.2) is 25.1 Å². The minimum Gasteiger partial charge on any atom is -0.396 e. The highest BCUT2D eigenvalue weighted by Crippen LogP contribution is 2.43. The quantitative estimate of drug-likeness (QED) is 0.828. The summed E-state index contributed by atoms with van der Waals surface area (Å²) in [5.41, 5.74) is 1.95. The van der Waals surface area contributed by atoms with Crippen LogP contribution in [0.4, 0.5) is 13.2 Å². The molecule has 27 heavy (non-hydrogen) atoms. The van der Waals surface area contributed by atoms with Crippen LogP contribution in [0.3, 0.4) is 0 Å². The number of nitrogens with two attached hydrogens (primary N) is 1. The first kappa shape index (κ1) is 19.5. The highest BCUT2D eigenvalue weighted by molar-refractivity contribution is 7.89. The molecule has 0 fully saturated rings. The Morgan fingerprint density at radius 3 is 2.19 bits per heavy atom. The van der Waals surface area contributed by atoms with E-state index < -0.39 is 21.8 Å². The van der Waals surface area contributed by atoms with E-state index in [0.717, 1.165) is 29.5 Å². The Bertz CT molecular complexity index is 966. The SMILES string of the molecule is NS(=O)(=O)c1ccc(C2=C(c3ccc(C(F)(F)F)cc3)CC(CO)C2)nc1. The number of aliphatic hydroxyl groups is 1. The predicted octanol–water partition coefficient (Wildman–Crippen LogP) is 3.06. The summed E-state index contributed by atoms with van der Waals surface area (Å²) in [5.74, 6) is -0.0722. The maximum absolute atomic E-state index is 12.8. The number of rotatable bonds is 4. The molecule has 1 aromatic carbocycles. The van der Waals surface area contributed by atoms with Gasteiger partial charge in [0.05, 0.1) is 11.3 Å². The van der Waals surface area contributed by atoms with Crippen LogP contribution in [0.1, 0.15) is 29.7 Å². The van der Waals surface area contributed by atoms with Gasteiger partial charge in [-0.3, -0.25) is 4.98 Å². The first-order valence-corrected chi connectivity index (χ1v) is 9.64. The van der Waals surface area contributed by atoms with Gasteiger partial charge in [-0.15, -0.1) is 0 Å². The third-order valence-corrected chi connectivity index (χ3v) is 5.44. The van der Waals surface area contributed by atoms with Gasteiger partial charge < -0.3 is 5.11 Å². The fourth-order valence-corrected chi connectivity index (χ4v) is 3.62. The topological polar surface area (TPSA) is 93.3 Å². The molecule has 0 amide bonds. The maximum atomic E-state index is 12.8. The monoisotopic (exact) mass is 398 g/mol. The summed E-state index contributed by atoms with van der Waals surface area (Å²) in [4.78, 5) is 4.02. The molecule has 0 radical (unpaired) electrons. The number of benzene rings is 1. The van der Waals surface area contributed by atoms with Crippen molar-refractivity contribution >= 4 is 21.2 Å². The number of aromatic nitrogens is 1. The lowest BCUT2D eigenvalue weighted by atomic mass is 9.98. The van der Waals surface area contributed by atoms with Crippen LogP contribution in [0.15, 0.2) is 47.5 Å². The summed E-state index contributed by atoms with van der Waals surface area (Å²) in [7, 11) is -3.87. The first-order chi connectivity index (χ1) is 12.6. The molecule has 144 valence electrons. The molecule has 0 bridgehead atoms. The maximum Gasteiger partial charge on any atom is 0.416 e. The molecule has 1 atom stereocenters. The number of pyridine rings is 1. The molecule has 1 aliphatic carbocycles. The molecule has 1 aromatic heterocycles. The third kappa shape index (κ3) is 4.20. The second-order valence-corrected chi connectivity index (χ2v) is 7.97. The Morgan fingerprint density at radius 2 is 1.70 bits per heavy atom. The average molecular weight is 398 g/mol. The van der Waals surface area contributed by atoms with Crippen molar-refractivity contribution in [2.24, 2.45) is 11.1 Å². The van der Waals surface area contributed by atoms with E-state index >= 15 is 0 Å². The Labute approximate surface area is 154 Å². The van der Waals surface area contributed by atoms with E-state index in [1.54, 1.807) is 0 Å². The minimum atomic E-state index is -4.41. The van der Waals surface area contributed by atoms with Crippen molar-refractivity contribution in [3.63, 3.8) is 0 Å². The first-order valence-electron chi connectivity index (χ1n) is 8.09. The fraction of sp³-hybridized carbons (Fsp3) is 0.278. The van der Waals surface area contributed by atoms with Crippen molar-refractivity contribution in [1.29, 1.82) is 0 Å². The minimum absolute atomic E-state index is 0.0666. The summed E-state index contributed by atoms with van der Waals surface area (Å²) in [6, 6.07) is 7.68. The fourth-order valence-electron chi connectivity index (χ4n) is 3.16. The number of alkyl halides is 3. The number of aliphatic hydroxyl groups excluding tert-OH is 1. The van der Waals surface area contributed by atoms with Gasteiger partial charge >= 0.3 is 6.18 Å². The molecule has 1 unspecified atom stereocenters. The van der Waals surface area contributed by atoms with Crippen LogP contribution in [0, 0.1) is 5.92 Å². The lowest BCUT2D eigenvalue weighted by Crippen LogP contribution is -2.12. The van der Waals surface area contributed by atoms with E-state index in [2.05, 4.69) is 4.98 Å². The van der Waals surface area contributed by atoms with Crippen LogP contribution in [0.5, 0.6) is 0 Å². The second kappa shape index (κ2) is 7.06. The number of sulfonamides is 1. The van der Waals surface area contributed by atoms with E-state index in [-0.39, 0.29) is 17.4 Å². The smallest absolute Gasteiger partial charge is 0.396 e. The van der Waals surface area contributed by atoms with Crippen LogP contribution >= 0.6 is 0 Å². The molecule has 2 aromatic rings. The summed E-state index contributed by atoms with van der Waals surface area (Å²) in [6.45, 7) is -0.0666. The number of halogens is 3. The van der Waals surface area contributed by atoms with Crippen LogP contribution in [-0.2, 0) is 16.2 Å². The molecule has 9 heteroatoms. The van der Waals surface area contributed by atoms with Gasteiger partial charge in [0.25, 0.3) is 0 Å². The van der Waals surface area contributed by atoms with Crippen LogP contribution in [0.25, 0.3) is 11.1 Å². The van der Waals surface area contributed by atoms with E-state index in [1.165, 1.54) is 24.3 Å². The van der Waals surface area contributed by atoms with Gasteiger partial charge in [-0.05, 0) is 59.7 Å². The number of hydrogen-bond donors (Lipinski definition) is 2.